The summed E-state index contributed by atoms with van der Waals surface area (Å²) >= 11 is 4.60. The second-order valence-corrected chi connectivity index (χ2v) is 15.3. The fraction of sp³-hybridized carbons (Fsp3) is 0.600. The van der Waals surface area contributed by atoms with Gasteiger partial charge in [-0.1, -0.05) is 63.1 Å². The van der Waals surface area contributed by atoms with Crippen molar-refractivity contribution >= 4 is 40.3 Å². The average Bonchev–Trinajstić information content (AvgIpc) is 3.32. The van der Waals surface area contributed by atoms with Crippen molar-refractivity contribution in [2.45, 2.75) is 77.9 Å². The largest absolute Gasteiger partial charge is 0.491 e. The van der Waals surface area contributed by atoms with E-state index in [2.05, 4.69) is 40.8 Å². The lowest BCUT2D eigenvalue weighted by atomic mass is 9.70. The topological polar surface area (TPSA) is 121 Å². The maximum Gasteiger partial charge on any atom is 0.266 e. The van der Waals surface area contributed by atoms with E-state index in [4.69, 9.17) is 25.8 Å². The fourth-order valence-electron chi connectivity index (χ4n) is 6.76. The molecule has 0 saturated heterocycles. The van der Waals surface area contributed by atoms with E-state index in [0.29, 0.717) is 61.0 Å². The molecule has 2 aromatic rings. The van der Waals surface area contributed by atoms with Gasteiger partial charge in [0.25, 0.3) is 5.91 Å². The van der Waals surface area contributed by atoms with Crippen molar-refractivity contribution in [3.8, 4) is 5.75 Å². The molecule has 6 unspecified atom stereocenters. The molecule has 296 valence electrons. The molecule has 0 bridgehead atoms. The highest BCUT2D eigenvalue weighted by Gasteiger charge is 2.39. The van der Waals surface area contributed by atoms with Gasteiger partial charge >= 0.3 is 0 Å². The molecule has 1 saturated carbocycles. The van der Waals surface area contributed by atoms with Gasteiger partial charge in [-0.2, -0.15) is 0 Å². The number of hydrogen-bond donors (Lipinski definition) is 2. The first-order valence-electron chi connectivity index (χ1n) is 18.8. The molecule has 0 spiro atoms. The van der Waals surface area contributed by atoms with Crippen LogP contribution in [0.2, 0.25) is 5.02 Å². The molecule has 2 N–H and O–H groups in total. The van der Waals surface area contributed by atoms with Crippen LogP contribution in [0.1, 0.15) is 82.1 Å². The van der Waals surface area contributed by atoms with Crippen LogP contribution in [0.3, 0.4) is 0 Å². The number of carbonyl (C=O) groups excluding carboxylic acids is 2. The normalized spacial score (nSPS) is 19.9. The number of ether oxygens (including phenoxy) is 3. The Morgan fingerprint density at radius 1 is 1.15 bits per heavy atom. The molecule has 0 radical (unpaired) electrons. The maximum absolute atomic E-state index is 13.1. The average molecular weight is 777 g/mol. The number of benzene rings is 2. The van der Waals surface area contributed by atoms with E-state index in [-0.39, 0.29) is 17.9 Å². The number of halogens is 1. The van der Waals surface area contributed by atoms with E-state index < -0.39 is 23.2 Å². The smallest absolute Gasteiger partial charge is 0.266 e. The second kappa shape index (κ2) is 22.4. The van der Waals surface area contributed by atoms with Gasteiger partial charge in [-0.3, -0.25) is 14.3 Å². The van der Waals surface area contributed by atoms with E-state index in [1.54, 1.807) is 46.2 Å². The molecule has 11 nitrogen and oxygen atoms in total. The minimum Gasteiger partial charge on any atom is -0.491 e. The Kier molecular flexibility index (Phi) is 18.8. The standard InChI is InChI=1S/C38H55ClN4O7S.C2H6/c1-7-10-27-21-31(39)14-16-32(27)30-24-43(23-29-12-15-33(29)35(49-6)11-8-9-18-41(3)26(2)44)34-22-28(13-17-36(34)50-25-30)37(45)38(46)40-51(47)42(4)19-20-48-5;1-2/h8,11,13-14,16-17,21-22,29-30,33,35,37,45H,7,9-10,12,15,18-20,23-25H2,1-6H3,(H,40,46);1-2H3/b11-8+;. The van der Waals surface area contributed by atoms with Crippen molar-refractivity contribution in [3.63, 3.8) is 0 Å². The quantitative estimate of drug-likeness (QED) is 0.175. The first-order valence-corrected chi connectivity index (χ1v) is 20.3. The van der Waals surface area contributed by atoms with Gasteiger partial charge in [0.1, 0.15) is 5.75 Å². The van der Waals surface area contributed by atoms with E-state index >= 15 is 0 Å². The molecular weight excluding hydrogens is 716 g/mol. The predicted molar refractivity (Wildman–Crippen MR) is 214 cm³/mol. The van der Waals surface area contributed by atoms with Crippen LogP contribution in [-0.4, -0.2) is 104 Å². The minimum atomic E-state index is -1.84. The Hall–Kier alpha value is -3.00. The number of anilines is 1. The molecule has 53 heavy (non-hydrogen) atoms. The number of rotatable bonds is 18. The summed E-state index contributed by atoms with van der Waals surface area (Å²) in [6, 6.07) is 11.4. The molecule has 6 atom stereocenters. The minimum absolute atomic E-state index is 0.0444. The molecule has 1 fully saturated rings. The van der Waals surface area contributed by atoms with Crippen LogP contribution in [0.5, 0.6) is 5.75 Å². The Labute approximate surface area is 324 Å². The number of fused-ring (bicyclic) bond motifs is 1. The predicted octanol–water partition coefficient (Wildman–Crippen LogP) is 6.07. The summed E-state index contributed by atoms with van der Waals surface area (Å²) < 4.78 is 34.0. The van der Waals surface area contributed by atoms with Gasteiger partial charge in [-0.15, -0.1) is 0 Å². The molecule has 1 heterocycles. The SMILES string of the molecule is CC.CCCc1cc(Cl)ccc1C1COc2ccc(C(O)C(=O)NS(=O)N(C)CCOC)cc2N(CC2CCC2C(/C=C/CCN(C)C(C)=O)OC)C1. The lowest BCUT2D eigenvalue weighted by molar-refractivity contribution is -0.128. The third kappa shape index (κ3) is 12.5. The molecule has 2 aromatic carbocycles. The summed E-state index contributed by atoms with van der Waals surface area (Å²) in [7, 11) is 6.70. The first kappa shape index (κ1) is 44.4. The summed E-state index contributed by atoms with van der Waals surface area (Å²) in [5, 5.41) is 11.9. The molecule has 2 amide bonds. The van der Waals surface area contributed by atoms with Crippen molar-refractivity contribution < 1.29 is 33.1 Å². The molecule has 13 heteroatoms. The number of likely N-dealkylation sites (N-methyl/N-ethyl adjacent to an activating group) is 1. The molecule has 1 aliphatic carbocycles. The van der Waals surface area contributed by atoms with Gasteiger partial charge in [0.2, 0.25) is 5.91 Å². The van der Waals surface area contributed by atoms with Crippen LogP contribution in [0.25, 0.3) is 0 Å². The summed E-state index contributed by atoms with van der Waals surface area (Å²) in [5.74, 6) is 0.643. The van der Waals surface area contributed by atoms with Crippen molar-refractivity contribution in [3.05, 3.63) is 70.3 Å². The van der Waals surface area contributed by atoms with Crippen molar-refractivity contribution in [1.29, 1.82) is 0 Å². The zero-order chi connectivity index (χ0) is 39.1. The van der Waals surface area contributed by atoms with Crippen LogP contribution in [0, 0.1) is 11.8 Å². The number of carbonyl (C=O) groups is 2. The summed E-state index contributed by atoms with van der Waals surface area (Å²) in [4.78, 5) is 28.7. The number of nitrogens with one attached hydrogen (secondary N) is 1. The number of amides is 2. The Balaban J connectivity index is 0.00000372. The van der Waals surface area contributed by atoms with Crippen LogP contribution >= 0.6 is 11.6 Å². The van der Waals surface area contributed by atoms with E-state index in [9.17, 15) is 18.9 Å². The molecule has 0 aromatic heterocycles. The van der Waals surface area contributed by atoms with Crippen molar-refractivity contribution in [2.75, 3.05) is 72.6 Å². The highest BCUT2D eigenvalue weighted by Crippen LogP contribution is 2.43. The third-order valence-corrected chi connectivity index (χ3v) is 11.4. The number of methoxy groups -OCH3 is 2. The van der Waals surface area contributed by atoms with Gasteiger partial charge in [-0.25, -0.2) is 8.51 Å². The fourth-order valence-corrected chi connectivity index (χ4v) is 7.64. The Bertz CT molecular complexity index is 1530. The van der Waals surface area contributed by atoms with Gasteiger partial charge in [-0.05, 0) is 78.5 Å². The summed E-state index contributed by atoms with van der Waals surface area (Å²) in [6.45, 7) is 10.9. The number of nitrogens with zero attached hydrogens (tertiary/aromatic N) is 3. The Morgan fingerprint density at radius 2 is 1.91 bits per heavy atom. The number of hydrogen-bond acceptors (Lipinski definition) is 8. The first-order chi connectivity index (χ1) is 25.5. The molecular formula is C40H61ClN4O7S. The van der Waals surface area contributed by atoms with Gasteiger partial charge in [0.05, 0.1) is 25.0 Å². The van der Waals surface area contributed by atoms with Gasteiger partial charge in [0.15, 0.2) is 17.3 Å². The Morgan fingerprint density at radius 3 is 2.55 bits per heavy atom. The number of aryl methyl sites for hydroxylation is 1. The third-order valence-electron chi connectivity index (χ3n) is 10.0. The second-order valence-electron chi connectivity index (χ2n) is 13.6. The zero-order valence-corrected chi connectivity index (χ0v) is 34.4. The zero-order valence-electron chi connectivity index (χ0n) is 32.8. The van der Waals surface area contributed by atoms with E-state index in [1.165, 1.54) is 15.4 Å². The highest BCUT2D eigenvalue weighted by molar-refractivity contribution is 7.81. The molecule has 4 rings (SSSR count). The summed E-state index contributed by atoms with van der Waals surface area (Å²) in [5.41, 5.74) is 3.60. The van der Waals surface area contributed by atoms with E-state index in [1.807, 2.05) is 32.0 Å². The van der Waals surface area contributed by atoms with Gasteiger partial charge < -0.3 is 29.1 Å². The maximum atomic E-state index is 13.1. The van der Waals surface area contributed by atoms with Crippen LogP contribution in [0.15, 0.2) is 48.6 Å². The number of aliphatic hydroxyl groups excluding tert-OH is 1. The molecule has 2 aliphatic rings. The lowest BCUT2D eigenvalue weighted by Crippen LogP contribution is -2.44. The van der Waals surface area contributed by atoms with Crippen molar-refractivity contribution in [1.82, 2.24) is 13.9 Å². The molecule has 1 aliphatic heterocycles. The highest BCUT2D eigenvalue weighted by atomic mass is 35.5. The monoisotopic (exact) mass is 776 g/mol. The van der Waals surface area contributed by atoms with Crippen LogP contribution < -0.4 is 14.4 Å². The lowest BCUT2D eigenvalue weighted by Gasteiger charge is -2.43. The number of aliphatic hydroxyl groups is 1. The van der Waals surface area contributed by atoms with Crippen LogP contribution in [-0.2, 0) is 36.7 Å². The van der Waals surface area contributed by atoms with Crippen LogP contribution in [0.4, 0.5) is 5.69 Å². The van der Waals surface area contributed by atoms with E-state index in [0.717, 1.165) is 44.3 Å². The summed E-state index contributed by atoms with van der Waals surface area (Å²) in [6.07, 6.45) is 7.35. The van der Waals surface area contributed by atoms with Crippen molar-refractivity contribution in [2.24, 2.45) is 11.8 Å². The van der Waals surface area contributed by atoms with Gasteiger partial charge in [0, 0.05) is 72.4 Å².